The van der Waals surface area contributed by atoms with Gasteiger partial charge in [-0.25, -0.2) is 9.59 Å². The van der Waals surface area contributed by atoms with Gasteiger partial charge in [-0.1, -0.05) is 45.4 Å². The van der Waals surface area contributed by atoms with Gasteiger partial charge in [0.1, 0.15) is 0 Å². The monoisotopic (exact) mass is 358 g/mol. The van der Waals surface area contributed by atoms with Gasteiger partial charge in [-0.15, -0.1) is 0 Å². The Kier molecular flexibility index (Phi) is 14.7. The van der Waals surface area contributed by atoms with Crippen LogP contribution in [0.15, 0.2) is 11.5 Å². The maximum absolute atomic E-state index is 12.2. The molecule has 146 valence electrons. The molecule has 0 N–H and O–H groups in total. The summed E-state index contributed by atoms with van der Waals surface area (Å²) in [6.07, 6.45) is 7.91. The number of hydrogen-bond donors (Lipinski definition) is 0. The molecule has 0 unspecified atom stereocenters. The number of hydrogen-bond acceptors (Lipinski definition) is 6. The minimum atomic E-state index is -0.722. The molecule has 6 nitrogen and oxygen atoms in total. The van der Waals surface area contributed by atoms with Crippen molar-refractivity contribution in [2.24, 2.45) is 0 Å². The fourth-order valence-electron chi connectivity index (χ4n) is 2.21. The Morgan fingerprint density at radius 1 is 0.560 bits per heavy atom. The zero-order valence-electron chi connectivity index (χ0n) is 16.2. The third-order valence-electron chi connectivity index (χ3n) is 3.41. The van der Waals surface area contributed by atoms with Crippen molar-refractivity contribution in [2.45, 2.75) is 72.6 Å². The predicted molar refractivity (Wildman–Crippen MR) is 95.9 cm³/mol. The smallest absolute Gasteiger partial charge is 0.377 e. The molecule has 0 saturated heterocycles. The van der Waals surface area contributed by atoms with Gasteiger partial charge in [0, 0.05) is 0 Å². The first kappa shape index (κ1) is 23.3. The van der Waals surface area contributed by atoms with Gasteiger partial charge in [0.15, 0.2) is 0 Å². The van der Waals surface area contributed by atoms with Crippen LogP contribution in [0, 0.1) is 0 Å². The molecule has 0 aromatic heterocycles. The van der Waals surface area contributed by atoms with Crippen molar-refractivity contribution in [3.63, 3.8) is 0 Å². The second-order valence-electron chi connectivity index (χ2n) is 5.50. The van der Waals surface area contributed by atoms with Gasteiger partial charge < -0.3 is 18.9 Å². The molecule has 0 aliphatic rings. The Bertz CT molecular complexity index is 403. The maximum Gasteiger partial charge on any atom is 0.377 e. The first-order valence-electron chi connectivity index (χ1n) is 9.46. The van der Waals surface area contributed by atoms with Crippen LogP contribution in [0.1, 0.15) is 72.6 Å². The highest BCUT2D eigenvalue weighted by atomic mass is 16.6. The molecule has 0 aromatic rings. The minimum Gasteiger partial charge on any atom is -0.484 e. The van der Waals surface area contributed by atoms with Crippen LogP contribution in [-0.2, 0) is 28.5 Å². The Morgan fingerprint density at radius 3 is 1.48 bits per heavy atom. The lowest BCUT2D eigenvalue weighted by Crippen LogP contribution is -2.21. The van der Waals surface area contributed by atoms with Crippen molar-refractivity contribution < 1.29 is 28.5 Å². The van der Waals surface area contributed by atoms with Crippen LogP contribution in [0.3, 0.4) is 0 Å². The summed E-state index contributed by atoms with van der Waals surface area (Å²) in [4.78, 5) is 24.2. The Labute approximate surface area is 151 Å². The number of unbranched alkanes of at least 4 members (excludes halogenated alkanes) is 6. The van der Waals surface area contributed by atoms with Crippen LogP contribution in [0.2, 0.25) is 0 Å². The normalized spacial score (nSPS) is 11.5. The number of esters is 2. The van der Waals surface area contributed by atoms with E-state index >= 15 is 0 Å². The molecular weight excluding hydrogens is 324 g/mol. The van der Waals surface area contributed by atoms with Crippen molar-refractivity contribution >= 4 is 11.9 Å². The van der Waals surface area contributed by atoms with E-state index in [9.17, 15) is 9.59 Å². The van der Waals surface area contributed by atoms with Gasteiger partial charge in [-0.2, -0.15) is 0 Å². The van der Waals surface area contributed by atoms with E-state index in [1.165, 1.54) is 25.7 Å². The molecule has 0 aliphatic heterocycles. The third kappa shape index (κ3) is 10.7. The Morgan fingerprint density at radius 2 is 1.00 bits per heavy atom. The van der Waals surface area contributed by atoms with Gasteiger partial charge in [-0.05, 0) is 27.2 Å². The van der Waals surface area contributed by atoms with Gasteiger partial charge >= 0.3 is 11.9 Å². The fourth-order valence-corrected chi connectivity index (χ4v) is 2.21. The molecule has 0 spiro atoms. The lowest BCUT2D eigenvalue weighted by Gasteiger charge is -2.14. The molecule has 0 amide bonds. The summed E-state index contributed by atoms with van der Waals surface area (Å²) in [5.41, 5.74) is 0. The van der Waals surface area contributed by atoms with E-state index in [4.69, 9.17) is 18.9 Å². The lowest BCUT2D eigenvalue weighted by molar-refractivity contribution is -0.148. The van der Waals surface area contributed by atoms with Gasteiger partial charge in [-0.3, -0.25) is 0 Å². The standard InChI is InChI=1S/C19H34O6/c1-5-9-10-11-12-13-14-15-25-19(21)17(23-7-3)16(22-6-2)18(20)24-8-4/h5-15H2,1-4H3/b17-16-. The number of ether oxygens (including phenoxy) is 4. The molecular formula is C19H34O6. The summed E-state index contributed by atoms with van der Waals surface area (Å²) >= 11 is 0. The third-order valence-corrected chi connectivity index (χ3v) is 3.41. The largest absolute Gasteiger partial charge is 0.484 e. The molecule has 6 heteroatoms. The van der Waals surface area contributed by atoms with E-state index in [0.717, 1.165) is 19.3 Å². The topological polar surface area (TPSA) is 71.1 Å². The average Bonchev–Trinajstić information content (AvgIpc) is 2.60. The SMILES string of the molecule is CCCCCCCCCOC(=O)/C(OCC)=C(/OCC)C(=O)OCC. The molecule has 0 rings (SSSR count). The van der Waals surface area contributed by atoms with Crippen molar-refractivity contribution in [2.75, 3.05) is 26.4 Å². The van der Waals surface area contributed by atoms with Crippen LogP contribution < -0.4 is 0 Å². The van der Waals surface area contributed by atoms with Gasteiger partial charge in [0.25, 0.3) is 11.5 Å². The van der Waals surface area contributed by atoms with Gasteiger partial charge in [0.2, 0.25) is 0 Å². The summed E-state index contributed by atoms with van der Waals surface area (Å²) in [6.45, 7) is 8.22. The molecule has 0 atom stereocenters. The molecule has 25 heavy (non-hydrogen) atoms. The van der Waals surface area contributed by atoms with E-state index in [0.29, 0.717) is 6.61 Å². The van der Waals surface area contributed by atoms with Crippen LogP contribution in [-0.4, -0.2) is 38.4 Å². The summed E-state index contributed by atoms with van der Waals surface area (Å²) < 4.78 is 20.7. The summed E-state index contributed by atoms with van der Waals surface area (Å²) in [5, 5.41) is 0. The van der Waals surface area contributed by atoms with Crippen LogP contribution >= 0.6 is 0 Å². The molecule has 0 bridgehead atoms. The van der Waals surface area contributed by atoms with Crippen molar-refractivity contribution in [1.82, 2.24) is 0 Å². The highest BCUT2D eigenvalue weighted by Crippen LogP contribution is 2.14. The van der Waals surface area contributed by atoms with E-state index in [-0.39, 0.29) is 31.3 Å². The second-order valence-corrected chi connectivity index (χ2v) is 5.50. The zero-order chi connectivity index (χ0) is 18.9. The second kappa shape index (κ2) is 15.8. The summed E-state index contributed by atoms with van der Waals surface area (Å²) in [5.74, 6) is -1.86. The van der Waals surface area contributed by atoms with E-state index in [1.807, 2.05) is 0 Å². The fraction of sp³-hybridized carbons (Fsp3) is 0.789. The van der Waals surface area contributed by atoms with E-state index < -0.39 is 11.9 Å². The summed E-state index contributed by atoms with van der Waals surface area (Å²) in [6, 6.07) is 0. The minimum absolute atomic E-state index is 0.182. The van der Waals surface area contributed by atoms with Gasteiger partial charge in [0.05, 0.1) is 26.4 Å². The Balaban J connectivity index is 4.54. The van der Waals surface area contributed by atoms with Crippen molar-refractivity contribution in [3.05, 3.63) is 11.5 Å². The number of carbonyl (C=O) groups is 2. The predicted octanol–water partition coefficient (Wildman–Crippen LogP) is 4.13. The highest BCUT2D eigenvalue weighted by Gasteiger charge is 2.26. The lowest BCUT2D eigenvalue weighted by atomic mass is 10.1. The number of carbonyl (C=O) groups excluding carboxylic acids is 2. The molecule has 0 fully saturated rings. The van der Waals surface area contributed by atoms with Crippen LogP contribution in [0.4, 0.5) is 0 Å². The highest BCUT2D eigenvalue weighted by molar-refractivity contribution is 5.97. The number of rotatable bonds is 15. The van der Waals surface area contributed by atoms with E-state index in [2.05, 4.69) is 6.92 Å². The molecule has 0 saturated carbocycles. The zero-order valence-corrected chi connectivity index (χ0v) is 16.2. The maximum atomic E-state index is 12.2. The van der Waals surface area contributed by atoms with Crippen molar-refractivity contribution in [3.8, 4) is 0 Å². The first-order chi connectivity index (χ1) is 12.1. The first-order valence-corrected chi connectivity index (χ1v) is 9.46. The average molecular weight is 358 g/mol. The van der Waals surface area contributed by atoms with Crippen LogP contribution in [0.25, 0.3) is 0 Å². The molecule has 0 radical (unpaired) electrons. The molecule has 0 aromatic carbocycles. The Hall–Kier alpha value is -1.72. The molecule has 0 aliphatic carbocycles. The quantitative estimate of drug-likeness (QED) is 0.190. The van der Waals surface area contributed by atoms with E-state index in [1.54, 1.807) is 20.8 Å². The van der Waals surface area contributed by atoms with Crippen LogP contribution in [0.5, 0.6) is 0 Å². The van der Waals surface area contributed by atoms with Crippen molar-refractivity contribution in [1.29, 1.82) is 0 Å². The summed E-state index contributed by atoms with van der Waals surface area (Å²) in [7, 11) is 0. The molecule has 0 heterocycles.